The summed E-state index contributed by atoms with van der Waals surface area (Å²) in [6.45, 7) is 1.73. The Balaban J connectivity index is 4.14. The van der Waals surface area contributed by atoms with Crippen LogP contribution in [0.25, 0.3) is 0 Å². The van der Waals surface area contributed by atoms with Gasteiger partial charge in [0.1, 0.15) is 0 Å². The summed E-state index contributed by atoms with van der Waals surface area (Å²) in [6, 6.07) is 0. The number of allylic oxidation sites excluding steroid dienone is 1. The minimum absolute atomic E-state index is 0.0158. The Bertz CT molecular complexity index is 226. The van der Waals surface area contributed by atoms with Crippen molar-refractivity contribution in [3.8, 4) is 0 Å². The zero-order chi connectivity index (χ0) is 8.91. The van der Waals surface area contributed by atoms with E-state index in [1.807, 2.05) is 0 Å². The number of methoxy groups -OCH3 is 1. The van der Waals surface area contributed by atoms with Crippen molar-refractivity contribution in [1.29, 1.82) is 0 Å². The van der Waals surface area contributed by atoms with E-state index in [0.717, 1.165) is 5.41 Å². The Kier molecular flexibility index (Phi) is 4.14. The highest BCUT2D eigenvalue weighted by atomic mass is 32.2. The molecule has 0 atom stereocenters. The second-order valence-electron chi connectivity index (χ2n) is 2.22. The third-order valence-electron chi connectivity index (χ3n) is 0.937. The van der Waals surface area contributed by atoms with Crippen molar-refractivity contribution in [3.63, 3.8) is 0 Å². The molecule has 0 heterocycles. The molecule has 0 aromatic heterocycles. The third-order valence-corrected chi connectivity index (χ3v) is 2.40. The predicted molar refractivity (Wildman–Crippen MR) is 43.6 cm³/mol. The van der Waals surface area contributed by atoms with Gasteiger partial charge in [0.05, 0.1) is 12.4 Å². The molecule has 0 aromatic rings. The number of ether oxygens (including phenoxy) is 1. The van der Waals surface area contributed by atoms with E-state index in [0.29, 0.717) is 5.70 Å². The summed E-state index contributed by atoms with van der Waals surface area (Å²) in [5.74, 6) is -0.0158. The summed E-state index contributed by atoms with van der Waals surface area (Å²) in [7, 11) is -1.70. The first-order valence-corrected chi connectivity index (χ1v) is 4.85. The molecule has 0 aromatic carbocycles. The average Bonchev–Trinajstić information content (AvgIpc) is 1.81. The van der Waals surface area contributed by atoms with Gasteiger partial charge in [-0.25, -0.2) is 8.42 Å². The lowest BCUT2D eigenvalue weighted by molar-refractivity contribution is 0.217. The normalized spacial score (nSPS) is 13.5. The predicted octanol–water partition coefficient (Wildman–Crippen LogP) is -0.132. The van der Waals surface area contributed by atoms with E-state index < -0.39 is 9.84 Å². The van der Waals surface area contributed by atoms with Crippen molar-refractivity contribution in [2.24, 2.45) is 5.73 Å². The van der Waals surface area contributed by atoms with Gasteiger partial charge in [0, 0.05) is 18.2 Å². The fourth-order valence-electron chi connectivity index (χ4n) is 0.542. The third kappa shape index (κ3) is 5.87. The first kappa shape index (κ1) is 10.4. The van der Waals surface area contributed by atoms with Crippen LogP contribution >= 0.6 is 0 Å². The second-order valence-corrected chi connectivity index (χ2v) is 4.19. The lowest BCUT2D eigenvalue weighted by Crippen LogP contribution is -2.09. The molecule has 0 bridgehead atoms. The standard InChI is InChI=1S/C6H13NO3S/c1-6(7)5-11(8,9)4-3-10-2/h5H,3-4,7H2,1-2H3/b6-5+. The van der Waals surface area contributed by atoms with Crippen molar-refractivity contribution >= 4 is 9.84 Å². The number of nitrogens with two attached hydrogens (primary N) is 1. The molecular formula is C6H13NO3S. The van der Waals surface area contributed by atoms with E-state index in [4.69, 9.17) is 5.73 Å². The van der Waals surface area contributed by atoms with E-state index in [9.17, 15) is 8.42 Å². The van der Waals surface area contributed by atoms with Gasteiger partial charge in [0.25, 0.3) is 0 Å². The highest BCUT2D eigenvalue weighted by Gasteiger charge is 2.05. The Hall–Kier alpha value is -0.550. The fraction of sp³-hybridized carbons (Fsp3) is 0.667. The molecule has 5 heteroatoms. The van der Waals surface area contributed by atoms with E-state index in [1.165, 1.54) is 14.0 Å². The van der Waals surface area contributed by atoms with Crippen LogP contribution < -0.4 is 5.73 Å². The smallest absolute Gasteiger partial charge is 0.175 e. The fourth-order valence-corrected chi connectivity index (χ4v) is 1.62. The molecule has 0 saturated carbocycles. The zero-order valence-corrected chi connectivity index (χ0v) is 7.52. The van der Waals surface area contributed by atoms with Crippen molar-refractivity contribution in [2.45, 2.75) is 6.92 Å². The van der Waals surface area contributed by atoms with Gasteiger partial charge >= 0.3 is 0 Å². The van der Waals surface area contributed by atoms with Gasteiger partial charge < -0.3 is 10.5 Å². The van der Waals surface area contributed by atoms with Gasteiger partial charge in [-0.15, -0.1) is 0 Å². The maximum atomic E-state index is 11.0. The van der Waals surface area contributed by atoms with Gasteiger partial charge in [0.15, 0.2) is 9.84 Å². The molecule has 0 unspecified atom stereocenters. The molecule has 0 rings (SSSR count). The molecule has 0 saturated heterocycles. The van der Waals surface area contributed by atoms with Gasteiger partial charge in [-0.2, -0.15) is 0 Å². The molecule has 11 heavy (non-hydrogen) atoms. The SMILES string of the molecule is COCCS(=O)(=O)/C=C(\C)N. The van der Waals surface area contributed by atoms with Crippen LogP contribution in [-0.2, 0) is 14.6 Å². The van der Waals surface area contributed by atoms with E-state index in [1.54, 1.807) is 0 Å². The molecule has 2 N–H and O–H groups in total. The minimum Gasteiger partial charge on any atom is -0.402 e. The van der Waals surface area contributed by atoms with Gasteiger partial charge in [-0.1, -0.05) is 0 Å². The summed E-state index contributed by atoms with van der Waals surface area (Å²) in [4.78, 5) is 0. The number of hydrogen-bond donors (Lipinski definition) is 1. The van der Waals surface area contributed by atoms with Crippen LogP contribution in [0.1, 0.15) is 6.92 Å². The Morgan fingerprint density at radius 2 is 2.18 bits per heavy atom. The van der Waals surface area contributed by atoms with Crippen LogP contribution in [0, 0.1) is 0 Å². The summed E-state index contributed by atoms with van der Waals surface area (Å²) in [5, 5.41) is 1.05. The Labute approximate surface area is 67.0 Å². The molecule has 0 aliphatic rings. The van der Waals surface area contributed by atoms with Crippen LogP contribution in [0.2, 0.25) is 0 Å². The number of rotatable bonds is 4. The monoisotopic (exact) mass is 179 g/mol. The number of hydrogen-bond acceptors (Lipinski definition) is 4. The van der Waals surface area contributed by atoms with Crippen molar-refractivity contribution in [1.82, 2.24) is 0 Å². The maximum absolute atomic E-state index is 11.0. The summed E-state index contributed by atoms with van der Waals surface area (Å²) >= 11 is 0. The number of sulfone groups is 1. The molecule has 4 nitrogen and oxygen atoms in total. The van der Waals surface area contributed by atoms with E-state index in [-0.39, 0.29) is 12.4 Å². The van der Waals surface area contributed by atoms with Crippen LogP contribution in [0.15, 0.2) is 11.1 Å². The molecule has 0 fully saturated rings. The summed E-state index contributed by atoms with van der Waals surface area (Å²) in [5.41, 5.74) is 5.48. The minimum atomic E-state index is -3.16. The van der Waals surface area contributed by atoms with E-state index >= 15 is 0 Å². The van der Waals surface area contributed by atoms with Crippen LogP contribution in [0.4, 0.5) is 0 Å². The van der Waals surface area contributed by atoms with Crippen LogP contribution in [0.3, 0.4) is 0 Å². The molecule has 0 radical (unpaired) electrons. The van der Waals surface area contributed by atoms with Crippen molar-refractivity contribution in [2.75, 3.05) is 19.5 Å². The van der Waals surface area contributed by atoms with Crippen LogP contribution in [0.5, 0.6) is 0 Å². The molecule has 0 amide bonds. The average molecular weight is 179 g/mol. The van der Waals surface area contributed by atoms with Crippen LogP contribution in [-0.4, -0.2) is 27.9 Å². The molecule has 0 aliphatic carbocycles. The first-order chi connectivity index (χ1) is 4.98. The molecule has 0 spiro atoms. The first-order valence-electron chi connectivity index (χ1n) is 3.13. The summed E-state index contributed by atoms with van der Waals surface area (Å²) in [6.07, 6.45) is 0. The molecule has 0 aliphatic heterocycles. The molecule has 66 valence electrons. The van der Waals surface area contributed by atoms with Crippen molar-refractivity contribution < 1.29 is 13.2 Å². The van der Waals surface area contributed by atoms with Crippen molar-refractivity contribution in [3.05, 3.63) is 11.1 Å². The second kappa shape index (κ2) is 4.35. The highest BCUT2D eigenvalue weighted by Crippen LogP contribution is 1.94. The topological polar surface area (TPSA) is 69.4 Å². The zero-order valence-electron chi connectivity index (χ0n) is 6.70. The quantitative estimate of drug-likeness (QED) is 0.652. The Morgan fingerprint density at radius 1 is 1.64 bits per heavy atom. The Morgan fingerprint density at radius 3 is 2.55 bits per heavy atom. The lowest BCUT2D eigenvalue weighted by Gasteiger charge is -1.97. The molecular weight excluding hydrogens is 166 g/mol. The lowest BCUT2D eigenvalue weighted by atomic mass is 10.6. The largest absolute Gasteiger partial charge is 0.402 e. The maximum Gasteiger partial charge on any atom is 0.175 e. The van der Waals surface area contributed by atoms with Gasteiger partial charge in [-0.3, -0.25) is 0 Å². The van der Waals surface area contributed by atoms with Gasteiger partial charge in [-0.05, 0) is 6.92 Å². The highest BCUT2D eigenvalue weighted by molar-refractivity contribution is 7.94. The van der Waals surface area contributed by atoms with Gasteiger partial charge in [0.2, 0.25) is 0 Å². The summed E-state index contributed by atoms with van der Waals surface area (Å²) < 4.78 is 26.5. The van der Waals surface area contributed by atoms with E-state index in [2.05, 4.69) is 4.74 Å².